The number of unbranched alkanes of at least 4 members (excludes halogenated alkanes) is 1. The van der Waals surface area contributed by atoms with Gasteiger partial charge in [0.1, 0.15) is 11.5 Å². The Morgan fingerprint density at radius 1 is 1.26 bits per heavy atom. The molecule has 0 saturated heterocycles. The number of ether oxygens (including phenoxy) is 1. The zero-order valence-corrected chi connectivity index (χ0v) is 13.8. The zero-order chi connectivity index (χ0) is 16.5. The Morgan fingerprint density at radius 2 is 2.04 bits per heavy atom. The van der Waals surface area contributed by atoms with Crippen molar-refractivity contribution >= 4 is 23.6 Å². The van der Waals surface area contributed by atoms with Gasteiger partial charge in [-0.3, -0.25) is 4.79 Å². The summed E-state index contributed by atoms with van der Waals surface area (Å²) in [6, 6.07) is 10.9. The van der Waals surface area contributed by atoms with Gasteiger partial charge in [0.15, 0.2) is 0 Å². The van der Waals surface area contributed by atoms with Crippen molar-refractivity contribution in [2.45, 2.75) is 12.8 Å². The Bertz CT molecular complexity index is 620. The molecule has 1 aromatic heterocycles. The molecule has 0 N–H and O–H groups in total. The number of nitrogens with zero attached hydrogens (tertiary/aromatic N) is 1. The second-order valence-corrected chi connectivity index (χ2v) is 5.55. The van der Waals surface area contributed by atoms with Crippen LogP contribution in [-0.4, -0.2) is 31.0 Å². The molecule has 5 heteroatoms. The number of halogens is 1. The van der Waals surface area contributed by atoms with Crippen LogP contribution >= 0.6 is 11.6 Å². The van der Waals surface area contributed by atoms with E-state index in [1.54, 1.807) is 48.6 Å². The Labute approximate surface area is 141 Å². The fourth-order valence-electron chi connectivity index (χ4n) is 1.95. The number of furan rings is 1. The van der Waals surface area contributed by atoms with Crippen molar-refractivity contribution in [3.63, 3.8) is 0 Å². The second-order valence-electron chi connectivity index (χ2n) is 5.12. The molecule has 0 aliphatic rings. The van der Waals surface area contributed by atoms with Gasteiger partial charge in [0.05, 0.1) is 12.9 Å². The number of carbonyl (C=O) groups excluding carboxylic acids is 1. The van der Waals surface area contributed by atoms with Crippen LogP contribution in [0.5, 0.6) is 5.75 Å². The lowest BCUT2D eigenvalue weighted by molar-refractivity contribution is -0.124. The molecule has 0 aliphatic carbocycles. The first-order valence-electron chi connectivity index (χ1n) is 7.50. The first kappa shape index (κ1) is 17.2. The Balaban J connectivity index is 1.61. The van der Waals surface area contributed by atoms with Crippen molar-refractivity contribution in [2.75, 3.05) is 20.2 Å². The highest BCUT2D eigenvalue weighted by Gasteiger charge is 2.04. The molecule has 0 atom stereocenters. The Kier molecular flexibility index (Phi) is 6.76. The predicted molar refractivity (Wildman–Crippen MR) is 91.6 cm³/mol. The van der Waals surface area contributed by atoms with E-state index in [9.17, 15) is 4.79 Å². The SMILES string of the molecule is CN(CCCCOc1ccc(Cl)cc1)C(=O)/C=C/c1ccco1. The number of hydrogen-bond donors (Lipinski definition) is 0. The van der Waals surface area contributed by atoms with E-state index in [0.717, 1.165) is 18.6 Å². The summed E-state index contributed by atoms with van der Waals surface area (Å²) in [7, 11) is 1.79. The molecule has 1 heterocycles. The van der Waals surface area contributed by atoms with Crippen LogP contribution in [0.4, 0.5) is 0 Å². The van der Waals surface area contributed by atoms with E-state index in [-0.39, 0.29) is 5.91 Å². The van der Waals surface area contributed by atoms with Gasteiger partial charge in [-0.2, -0.15) is 0 Å². The number of amides is 1. The highest BCUT2D eigenvalue weighted by Crippen LogP contribution is 2.15. The summed E-state index contributed by atoms with van der Waals surface area (Å²) in [5, 5.41) is 0.695. The summed E-state index contributed by atoms with van der Waals surface area (Å²) < 4.78 is 10.8. The highest BCUT2D eigenvalue weighted by molar-refractivity contribution is 6.30. The van der Waals surface area contributed by atoms with Crippen LogP contribution in [0.15, 0.2) is 53.2 Å². The van der Waals surface area contributed by atoms with Crippen LogP contribution in [0.2, 0.25) is 5.02 Å². The van der Waals surface area contributed by atoms with E-state index in [4.69, 9.17) is 20.8 Å². The van der Waals surface area contributed by atoms with Gasteiger partial charge in [0.2, 0.25) is 5.91 Å². The summed E-state index contributed by atoms with van der Waals surface area (Å²) in [6.45, 7) is 1.30. The fourth-order valence-corrected chi connectivity index (χ4v) is 2.07. The molecule has 0 radical (unpaired) electrons. The molecule has 0 unspecified atom stereocenters. The third kappa shape index (κ3) is 6.20. The minimum Gasteiger partial charge on any atom is -0.494 e. The number of carbonyl (C=O) groups is 1. The van der Waals surface area contributed by atoms with Crippen molar-refractivity contribution in [2.24, 2.45) is 0 Å². The van der Waals surface area contributed by atoms with Crippen molar-refractivity contribution in [3.05, 3.63) is 59.5 Å². The van der Waals surface area contributed by atoms with Gasteiger partial charge in [-0.05, 0) is 55.3 Å². The average molecular weight is 334 g/mol. The van der Waals surface area contributed by atoms with Crippen molar-refractivity contribution in [1.82, 2.24) is 4.90 Å². The van der Waals surface area contributed by atoms with Gasteiger partial charge in [0.25, 0.3) is 0 Å². The molecule has 2 rings (SSSR count). The first-order valence-corrected chi connectivity index (χ1v) is 7.88. The molecule has 0 saturated carbocycles. The van der Waals surface area contributed by atoms with E-state index in [1.165, 1.54) is 6.08 Å². The topological polar surface area (TPSA) is 42.7 Å². The minimum absolute atomic E-state index is 0.0416. The van der Waals surface area contributed by atoms with Gasteiger partial charge in [-0.15, -0.1) is 0 Å². The van der Waals surface area contributed by atoms with Gasteiger partial charge < -0.3 is 14.1 Å². The maximum absolute atomic E-state index is 11.9. The van der Waals surface area contributed by atoms with Crippen LogP contribution < -0.4 is 4.74 Å². The first-order chi connectivity index (χ1) is 11.1. The summed E-state index contributed by atoms with van der Waals surface area (Å²) in [4.78, 5) is 13.6. The zero-order valence-electron chi connectivity index (χ0n) is 13.1. The quantitative estimate of drug-likeness (QED) is 0.535. The molecule has 1 amide bonds. The average Bonchev–Trinajstić information content (AvgIpc) is 3.07. The number of rotatable bonds is 8. The Hall–Kier alpha value is -2.20. The highest BCUT2D eigenvalue weighted by atomic mass is 35.5. The Morgan fingerprint density at radius 3 is 2.74 bits per heavy atom. The molecule has 2 aromatic rings. The number of hydrogen-bond acceptors (Lipinski definition) is 3. The molecule has 0 spiro atoms. The lowest BCUT2D eigenvalue weighted by Gasteiger charge is -2.15. The molecule has 0 fully saturated rings. The van der Waals surface area contributed by atoms with E-state index in [1.807, 2.05) is 12.1 Å². The van der Waals surface area contributed by atoms with Gasteiger partial charge in [-0.25, -0.2) is 0 Å². The molecule has 23 heavy (non-hydrogen) atoms. The summed E-state index contributed by atoms with van der Waals surface area (Å²) in [5.74, 6) is 1.43. The number of benzene rings is 1. The maximum Gasteiger partial charge on any atom is 0.246 e. The third-order valence-corrected chi connectivity index (χ3v) is 3.53. The van der Waals surface area contributed by atoms with Gasteiger partial charge in [-0.1, -0.05) is 11.6 Å². The predicted octanol–water partition coefficient (Wildman–Crippen LogP) is 4.26. The van der Waals surface area contributed by atoms with Gasteiger partial charge in [0, 0.05) is 24.7 Å². The third-order valence-electron chi connectivity index (χ3n) is 3.28. The van der Waals surface area contributed by atoms with E-state index < -0.39 is 0 Å². The molecular formula is C18H20ClNO3. The van der Waals surface area contributed by atoms with Crippen LogP contribution in [0.25, 0.3) is 6.08 Å². The monoisotopic (exact) mass is 333 g/mol. The van der Waals surface area contributed by atoms with Crippen LogP contribution in [-0.2, 0) is 4.79 Å². The maximum atomic E-state index is 11.9. The summed E-state index contributed by atoms with van der Waals surface area (Å²) >= 11 is 5.81. The normalized spacial score (nSPS) is 10.9. The number of likely N-dealkylation sites (N-methyl/N-ethyl adjacent to an activating group) is 1. The van der Waals surface area contributed by atoms with E-state index in [2.05, 4.69) is 0 Å². The second kappa shape index (κ2) is 9.06. The molecule has 0 bridgehead atoms. The van der Waals surface area contributed by atoms with E-state index in [0.29, 0.717) is 23.9 Å². The van der Waals surface area contributed by atoms with Crippen LogP contribution in [0.3, 0.4) is 0 Å². The van der Waals surface area contributed by atoms with Crippen LogP contribution in [0.1, 0.15) is 18.6 Å². The van der Waals surface area contributed by atoms with Crippen LogP contribution in [0, 0.1) is 0 Å². The van der Waals surface area contributed by atoms with Gasteiger partial charge >= 0.3 is 0 Å². The minimum atomic E-state index is -0.0416. The molecule has 4 nitrogen and oxygen atoms in total. The largest absolute Gasteiger partial charge is 0.494 e. The lowest BCUT2D eigenvalue weighted by atomic mass is 10.3. The van der Waals surface area contributed by atoms with Crippen molar-refractivity contribution < 1.29 is 13.9 Å². The fraction of sp³-hybridized carbons (Fsp3) is 0.278. The lowest BCUT2D eigenvalue weighted by Crippen LogP contribution is -2.26. The van der Waals surface area contributed by atoms with Crippen molar-refractivity contribution in [3.8, 4) is 5.75 Å². The molecule has 0 aliphatic heterocycles. The smallest absolute Gasteiger partial charge is 0.246 e. The standard InChI is InChI=1S/C18H20ClNO3/c1-20(18(21)11-10-16-5-4-14-23-16)12-2-3-13-22-17-8-6-15(19)7-9-17/h4-11,14H,2-3,12-13H2,1H3/b11-10+. The van der Waals surface area contributed by atoms with E-state index >= 15 is 0 Å². The summed E-state index contributed by atoms with van der Waals surface area (Å²) in [5.41, 5.74) is 0. The van der Waals surface area contributed by atoms with Crippen molar-refractivity contribution in [1.29, 1.82) is 0 Å². The molecule has 1 aromatic carbocycles. The molecule has 122 valence electrons. The summed E-state index contributed by atoms with van der Waals surface area (Å²) in [6.07, 6.45) is 6.52. The molecular weight excluding hydrogens is 314 g/mol.